The van der Waals surface area contributed by atoms with Crippen LogP contribution in [0.5, 0.6) is 0 Å². The van der Waals surface area contributed by atoms with Crippen LogP contribution in [0.3, 0.4) is 0 Å². The van der Waals surface area contributed by atoms with Crippen LogP contribution in [0.15, 0.2) is 46.7 Å². The van der Waals surface area contributed by atoms with Gasteiger partial charge in [0.05, 0.1) is 4.90 Å². The van der Waals surface area contributed by atoms with Crippen LogP contribution in [0.4, 0.5) is 0 Å². The molecule has 4 N–H and O–H groups in total. The van der Waals surface area contributed by atoms with Gasteiger partial charge in [-0.25, -0.2) is 13.1 Å². The van der Waals surface area contributed by atoms with E-state index in [1.54, 1.807) is 0 Å². The highest BCUT2D eigenvalue weighted by molar-refractivity contribution is 7.89. The number of amides is 1. The molecule has 0 unspecified atom stereocenters. The zero-order valence-corrected chi connectivity index (χ0v) is 15.3. The standard InChI is InChI=1S/C15H19N3O3S2.ClH/c16-8-2-9-17-15(19)12-4-6-14(7-5-12)23(20,21)18-11-13-3-1-10-22-13;/h1,3-7,10,18H,2,8-9,11,16H2,(H,17,19);1H. The monoisotopic (exact) mass is 389 g/mol. The van der Waals surface area contributed by atoms with Crippen LogP contribution in [0.25, 0.3) is 0 Å². The summed E-state index contributed by atoms with van der Waals surface area (Å²) in [6, 6.07) is 9.58. The molecule has 1 aromatic heterocycles. The molecule has 0 spiro atoms. The summed E-state index contributed by atoms with van der Waals surface area (Å²) in [5.41, 5.74) is 5.78. The van der Waals surface area contributed by atoms with Crippen molar-refractivity contribution in [2.24, 2.45) is 5.73 Å². The van der Waals surface area contributed by atoms with E-state index in [-0.39, 0.29) is 29.8 Å². The summed E-state index contributed by atoms with van der Waals surface area (Å²) in [4.78, 5) is 12.9. The predicted octanol–water partition coefficient (Wildman–Crippen LogP) is 1.73. The van der Waals surface area contributed by atoms with Crippen LogP contribution in [0.2, 0.25) is 0 Å². The van der Waals surface area contributed by atoms with Crippen LogP contribution in [0.1, 0.15) is 21.7 Å². The Balaban J connectivity index is 0.00000288. The Morgan fingerprint density at radius 3 is 2.46 bits per heavy atom. The lowest BCUT2D eigenvalue weighted by molar-refractivity contribution is 0.0953. The van der Waals surface area contributed by atoms with Gasteiger partial charge < -0.3 is 11.1 Å². The number of carbonyl (C=O) groups is 1. The first-order chi connectivity index (χ1) is 11.0. The van der Waals surface area contributed by atoms with Crippen molar-refractivity contribution in [3.05, 3.63) is 52.2 Å². The Bertz CT molecular complexity index is 732. The highest BCUT2D eigenvalue weighted by atomic mass is 35.5. The maximum absolute atomic E-state index is 12.2. The minimum atomic E-state index is -3.59. The van der Waals surface area contributed by atoms with Crippen LogP contribution in [0, 0.1) is 0 Å². The lowest BCUT2D eigenvalue weighted by atomic mass is 10.2. The largest absolute Gasteiger partial charge is 0.352 e. The number of hydrogen-bond donors (Lipinski definition) is 3. The lowest BCUT2D eigenvalue weighted by Gasteiger charge is -2.07. The number of thiophene rings is 1. The summed E-state index contributed by atoms with van der Waals surface area (Å²) >= 11 is 1.49. The summed E-state index contributed by atoms with van der Waals surface area (Å²) in [5, 5.41) is 4.61. The van der Waals surface area contributed by atoms with E-state index in [1.807, 2.05) is 17.5 Å². The molecular weight excluding hydrogens is 370 g/mol. The van der Waals surface area contributed by atoms with Crippen molar-refractivity contribution in [2.75, 3.05) is 13.1 Å². The molecule has 6 nitrogen and oxygen atoms in total. The number of carbonyl (C=O) groups excluding carboxylic acids is 1. The molecule has 0 saturated carbocycles. The van der Waals surface area contributed by atoms with E-state index < -0.39 is 10.0 Å². The van der Waals surface area contributed by atoms with E-state index in [0.29, 0.717) is 25.1 Å². The summed E-state index contributed by atoms with van der Waals surface area (Å²) in [6.07, 6.45) is 0.699. The van der Waals surface area contributed by atoms with Crippen LogP contribution < -0.4 is 15.8 Å². The SMILES string of the molecule is Cl.NCCCNC(=O)c1ccc(S(=O)(=O)NCc2cccs2)cc1. The fraction of sp³-hybridized carbons (Fsp3) is 0.267. The van der Waals surface area contributed by atoms with Gasteiger partial charge >= 0.3 is 0 Å². The van der Waals surface area contributed by atoms with Crippen molar-refractivity contribution in [3.8, 4) is 0 Å². The van der Waals surface area contributed by atoms with Gasteiger partial charge in [-0.05, 0) is 48.7 Å². The zero-order chi connectivity index (χ0) is 16.7. The molecule has 0 aliphatic rings. The number of nitrogens with one attached hydrogen (secondary N) is 2. The first kappa shape index (κ1) is 20.6. The second-order valence-corrected chi connectivity index (χ2v) is 7.63. The minimum Gasteiger partial charge on any atom is -0.352 e. The molecular formula is C15H20ClN3O3S2. The first-order valence-electron chi connectivity index (χ1n) is 7.13. The van der Waals surface area contributed by atoms with Crippen molar-refractivity contribution in [3.63, 3.8) is 0 Å². The number of halogens is 1. The van der Waals surface area contributed by atoms with Gasteiger partial charge in [0.1, 0.15) is 0 Å². The molecule has 2 aromatic rings. The maximum Gasteiger partial charge on any atom is 0.251 e. The quantitative estimate of drug-likeness (QED) is 0.598. The van der Waals surface area contributed by atoms with Crippen molar-refractivity contribution in [1.82, 2.24) is 10.0 Å². The van der Waals surface area contributed by atoms with E-state index in [9.17, 15) is 13.2 Å². The topological polar surface area (TPSA) is 101 Å². The Morgan fingerprint density at radius 1 is 1.17 bits per heavy atom. The average Bonchev–Trinajstić information content (AvgIpc) is 3.07. The summed E-state index contributed by atoms with van der Waals surface area (Å²) in [5.74, 6) is -0.242. The molecule has 0 bridgehead atoms. The van der Waals surface area contributed by atoms with Gasteiger partial charge in [-0.15, -0.1) is 23.7 Å². The molecule has 2 rings (SSSR count). The zero-order valence-electron chi connectivity index (χ0n) is 12.9. The van der Waals surface area contributed by atoms with Crippen LogP contribution in [-0.4, -0.2) is 27.4 Å². The molecule has 0 saturated heterocycles. The summed E-state index contributed by atoms with van der Waals surface area (Å²) < 4.78 is 26.9. The number of sulfonamides is 1. The highest BCUT2D eigenvalue weighted by Gasteiger charge is 2.14. The molecule has 0 atom stereocenters. The smallest absolute Gasteiger partial charge is 0.251 e. The Labute approximate surface area is 151 Å². The van der Waals surface area contributed by atoms with Crippen LogP contribution >= 0.6 is 23.7 Å². The van der Waals surface area contributed by atoms with Crippen molar-refractivity contribution < 1.29 is 13.2 Å². The van der Waals surface area contributed by atoms with Gasteiger partial charge in [-0.2, -0.15) is 0 Å². The van der Waals surface area contributed by atoms with Gasteiger partial charge in [0.2, 0.25) is 10.0 Å². The second-order valence-electron chi connectivity index (χ2n) is 4.83. The number of rotatable bonds is 8. The third-order valence-electron chi connectivity index (χ3n) is 3.11. The van der Waals surface area contributed by atoms with Gasteiger partial charge in [0.15, 0.2) is 0 Å². The molecule has 1 aromatic carbocycles. The molecule has 0 radical (unpaired) electrons. The molecule has 0 fully saturated rings. The van der Waals surface area contributed by atoms with Gasteiger partial charge in [0, 0.05) is 23.5 Å². The van der Waals surface area contributed by atoms with Gasteiger partial charge in [-0.1, -0.05) is 6.07 Å². The lowest BCUT2D eigenvalue weighted by Crippen LogP contribution is -2.26. The Morgan fingerprint density at radius 2 is 1.88 bits per heavy atom. The molecule has 24 heavy (non-hydrogen) atoms. The van der Waals surface area contributed by atoms with E-state index in [2.05, 4.69) is 10.0 Å². The van der Waals surface area contributed by atoms with Crippen molar-refractivity contribution in [2.45, 2.75) is 17.9 Å². The van der Waals surface area contributed by atoms with Crippen LogP contribution in [-0.2, 0) is 16.6 Å². The summed E-state index contributed by atoms with van der Waals surface area (Å²) in [7, 11) is -3.59. The van der Waals surface area contributed by atoms with Crippen molar-refractivity contribution in [1.29, 1.82) is 0 Å². The Kier molecular flexibility index (Phi) is 8.37. The fourth-order valence-electron chi connectivity index (χ4n) is 1.85. The first-order valence-corrected chi connectivity index (χ1v) is 9.49. The molecule has 0 aliphatic heterocycles. The molecule has 0 aliphatic carbocycles. The third kappa shape index (κ3) is 5.88. The second kappa shape index (κ2) is 9.75. The normalized spacial score (nSPS) is 10.9. The summed E-state index contributed by atoms with van der Waals surface area (Å²) in [6.45, 7) is 1.26. The van der Waals surface area contributed by atoms with E-state index in [0.717, 1.165) is 4.88 Å². The Hall–Kier alpha value is -1.45. The average molecular weight is 390 g/mol. The fourth-order valence-corrected chi connectivity index (χ4v) is 3.60. The van der Waals surface area contributed by atoms with Gasteiger partial charge in [0.25, 0.3) is 5.91 Å². The number of hydrogen-bond acceptors (Lipinski definition) is 5. The minimum absolute atomic E-state index is 0. The molecule has 132 valence electrons. The van der Waals surface area contributed by atoms with Crippen molar-refractivity contribution >= 4 is 39.7 Å². The number of nitrogens with two attached hydrogens (primary N) is 1. The predicted molar refractivity (Wildman–Crippen MR) is 98.0 cm³/mol. The third-order valence-corrected chi connectivity index (χ3v) is 5.40. The van der Waals surface area contributed by atoms with E-state index in [4.69, 9.17) is 5.73 Å². The van der Waals surface area contributed by atoms with E-state index >= 15 is 0 Å². The van der Waals surface area contributed by atoms with E-state index in [1.165, 1.54) is 35.6 Å². The molecule has 1 heterocycles. The maximum atomic E-state index is 12.2. The van der Waals surface area contributed by atoms with Gasteiger partial charge in [-0.3, -0.25) is 4.79 Å². The molecule has 1 amide bonds. The molecule has 9 heteroatoms. The highest BCUT2D eigenvalue weighted by Crippen LogP contribution is 2.13. The number of benzene rings is 1.